The van der Waals surface area contributed by atoms with Crippen LogP contribution in [0.5, 0.6) is 0 Å². The van der Waals surface area contributed by atoms with Gasteiger partial charge in [0.1, 0.15) is 17.2 Å². The molecule has 0 spiro atoms. The third-order valence-electron chi connectivity index (χ3n) is 7.64. The van der Waals surface area contributed by atoms with Gasteiger partial charge in [-0.2, -0.15) is 9.37 Å². The molecule has 0 radical (unpaired) electrons. The van der Waals surface area contributed by atoms with E-state index in [4.69, 9.17) is 5.73 Å². The Hall–Kier alpha value is -3.59. The molecule has 0 unspecified atom stereocenters. The number of hydrogen-bond donors (Lipinski definition) is 2. The first-order chi connectivity index (χ1) is 17.5. The number of anilines is 2. The second kappa shape index (κ2) is 9.13. The minimum Gasteiger partial charge on any atom is -0.382 e. The molecule has 9 heteroatoms. The summed E-state index contributed by atoms with van der Waals surface area (Å²) in [7, 11) is 0. The van der Waals surface area contributed by atoms with Crippen molar-refractivity contribution in [2.45, 2.75) is 31.7 Å². The van der Waals surface area contributed by atoms with Crippen LogP contribution in [-0.2, 0) is 6.42 Å². The van der Waals surface area contributed by atoms with Crippen LogP contribution >= 0.6 is 0 Å². The fourth-order valence-corrected chi connectivity index (χ4v) is 5.40. The summed E-state index contributed by atoms with van der Waals surface area (Å²) < 4.78 is 29.6. The minimum absolute atomic E-state index is 0.0305. The van der Waals surface area contributed by atoms with Crippen molar-refractivity contribution in [2.24, 2.45) is 0 Å². The molecule has 1 aromatic heterocycles. The fraction of sp³-hybridized carbons (Fsp3) is 0.370. The van der Waals surface area contributed by atoms with Gasteiger partial charge in [0, 0.05) is 55.6 Å². The maximum Gasteiger partial charge on any atom is 0.254 e. The first-order valence-corrected chi connectivity index (χ1v) is 12.5. The van der Waals surface area contributed by atoms with Gasteiger partial charge in [0.15, 0.2) is 5.82 Å². The van der Waals surface area contributed by atoms with Crippen LogP contribution in [-0.4, -0.2) is 59.5 Å². The molecule has 3 heterocycles. The molecule has 0 atom stereocenters. The SMILES string of the molecule is Nc1nc(F)c(-c2ccc(N3CCN(C4CCC4)CC3)cc2)nc1-c1cc(F)c2c(c1)CCNC2=O. The molecule has 1 amide bonds. The van der Waals surface area contributed by atoms with Crippen molar-refractivity contribution >= 4 is 17.4 Å². The van der Waals surface area contributed by atoms with E-state index in [0.29, 0.717) is 29.7 Å². The summed E-state index contributed by atoms with van der Waals surface area (Å²) in [5.41, 5.74) is 8.86. The van der Waals surface area contributed by atoms with Gasteiger partial charge in [0.05, 0.1) is 5.56 Å². The monoisotopic (exact) mass is 490 g/mol. The van der Waals surface area contributed by atoms with Crippen LogP contribution in [0.4, 0.5) is 20.3 Å². The average Bonchev–Trinajstić information content (AvgIpc) is 2.84. The molecule has 3 aromatic rings. The molecule has 7 nitrogen and oxygen atoms in total. The number of rotatable bonds is 4. The van der Waals surface area contributed by atoms with Gasteiger partial charge < -0.3 is 16.0 Å². The Balaban J connectivity index is 1.26. The quantitative estimate of drug-likeness (QED) is 0.581. The van der Waals surface area contributed by atoms with Gasteiger partial charge in [-0.05, 0) is 49.1 Å². The van der Waals surface area contributed by atoms with Crippen molar-refractivity contribution in [3.63, 3.8) is 0 Å². The van der Waals surface area contributed by atoms with Crippen LogP contribution in [0, 0.1) is 11.8 Å². The fourth-order valence-electron chi connectivity index (χ4n) is 5.40. The lowest BCUT2D eigenvalue weighted by Crippen LogP contribution is -2.52. The zero-order chi connectivity index (χ0) is 24.8. The molecule has 2 aromatic carbocycles. The Kier molecular flexibility index (Phi) is 5.79. The number of nitrogens with zero attached hydrogens (tertiary/aromatic N) is 4. The van der Waals surface area contributed by atoms with Crippen LogP contribution in [0.3, 0.4) is 0 Å². The number of halogens is 2. The van der Waals surface area contributed by atoms with Crippen molar-refractivity contribution in [1.29, 1.82) is 0 Å². The lowest BCUT2D eigenvalue weighted by atomic mass is 9.91. The number of piperazine rings is 1. The van der Waals surface area contributed by atoms with E-state index in [2.05, 4.69) is 25.1 Å². The van der Waals surface area contributed by atoms with Crippen molar-refractivity contribution in [2.75, 3.05) is 43.4 Å². The summed E-state index contributed by atoms with van der Waals surface area (Å²) in [6, 6.07) is 11.3. The number of hydrogen-bond acceptors (Lipinski definition) is 6. The van der Waals surface area contributed by atoms with Gasteiger partial charge >= 0.3 is 0 Å². The third-order valence-corrected chi connectivity index (χ3v) is 7.64. The second-order valence-corrected chi connectivity index (χ2v) is 9.75. The molecule has 1 saturated heterocycles. The summed E-state index contributed by atoms with van der Waals surface area (Å²) >= 11 is 0. The predicted octanol–water partition coefficient (Wildman–Crippen LogP) is 3.63. The van der Waals surface area contributed by atoms with Crippen molar-refractivity contribution in [3.05, 3.63) is 59.3 Å². The topological polar surface area (TPSA) is 87.4 Å². The van der Waals surface area contributed by atoms with E-state index < -0.39 is 17.7 Å². The summed E-state index contributed by atoms with van der Waals surface area (Å²) in [4.78, 5) is 25.3. The zero-order valence-electron chi connectivity index (χ0n) is 19.9. The van der Waals surface area contributed by atoms with Crippen LogP contribution in [0.1, 0.15) is 35.2 Å². The van der Waals surface area contributed by atoms with E-state index in [1.54, 1.807) is 6.07 Å². The Labute approximate surface area is 208 Å². The molecule has 0 bridgehead atoms. The lowest BCUT2D eigenvalue weighted by molar-refractivity contribution is 0.0941. The minimum atomic E-state index is -0.782. The Morgan fingerprint density at radius 3 is 2.39 bits per heavy atom. The number of nitrogens with one attached hydrogen (secondary N) is 1. The number of benzene rings is 2. The van der Waals surface area contributed by atoms with Crippen LogP contribution in [0.2, 0.25) is 0 Å². The van der Waals surface area contributed by atoms with E-state index in [0.717, 1.165) is 37.9 Å². The molecule has 3 N–H and O–H groups in total. The number of aromatic nitrogens is 2. The maximum atomic E-state index is 14.9. The molecule has 2 aliphatic heterocycles. The number of carbonyl (C=O) groups is 1. The van der Waals surface area contributed by atoms with Crippen molar-refractivity contribution < 1.29 is 13.6 Å². The highest BCUT2D eigenvalue weighted by Crippen LogP contribution is 2.32. The molecular formula is C27H28F2N6O. The van der Waals surface area contributed by atoms with Gasteiger partial charge in [-0.15, -0.1) is 0 Å². The number of fused-ring (bicyclic) bond motifs is 1. The smallest absolute Gasteiger partial charge is 0.254 e. The van der Waals surface area contributed by atoms with Crippen molar-refractivity contribution in [1.82, 2.24) is 20.2 Å². The zero-order valence-corrected chi connectivity index (χ0v) is 19.9. The van der Waals surface area contributed by atoms with E-state index in [1.165, 1.54) is 25.3 Å². The lowest BCUT2D eigenvalue weighted by Gasteiger charge is -2.43. The Morgan fingerprint density at radius 1 is 0.944 bits per heavy atom. The van der Waals surface area contributed by atoms with Gasteiger partial charge in [-0.1, -0.05) is 18.6 Å². The summed E-state index contributed by atoms with van der Waals surface area (Å²) in [5, 5.41) is 2.64. The molecule has 3 aliphatic rings. The van der Waals surface area contributed by atoms with Gasteiger partial charge in [-0.25, -0.2) is 9.37 Å². The van der Waals surface area contributed by atoms with E-state index in [-0.39, 0.29) is 22.8 Å². The van der Waals surface area contributed by atoms with E-state index in [9.17, 15) is 13.6 Å². The first-order valence-electron chi connectivity index (χ1n) is 12.5. The van der Waals surface area contributed by atoms with Crippen LogP contribution in [0.15, 0.2) is 36.4 Å². The highest BCUT2D eigenvalue weighted by Gasteiger charge is 2.28. The third kappa shape index (κ3) is 4.07. The molecule has 1 aliphatic carbocycles. The number of carbonyl (C=O) groups excluding carboxylic acids is 1. The second-order valence-electron chi connectivity index (χ2n) is 9.75. The van der Waals surface area contributed by atoms with Gasteiger partial charge in [-0.3, -0.25) is 9.69 Å². The maximum absolute atomic E-state index is 14.9. The summed E-state index contributed by atoms with van der Waals surface area (Å²) in [5.74, 6) is -2.01. The Morgan fingerprint density at radius 2 is 1.69 bits per heavy atom. The molecule has 1 saturated carbocycles. The van der Waals surface area contributed by atoms with Crippen molar-refractivity contribution in [3.8, 4) is 22.5 Å². The highest BCUT2D eigenvalue weighted by atomic mass is 19.1. The molecule has 186 valence electrons. The van der Waals surface area contributed by atoms with E-state index in [1.807, 2.05) is 24.3 Å². The summed E-state index contributed by atoms with van der Waals surface area (Å²) in [6.45, 7) is 4.49. The van der Waals surface area contributed by atoms with E-state index >= 15 is 0 Å². The molecule has 6 rings (SSSR count). The first kappa shape index (κ1) is 22.8. The average molecular weight is 491 g/mol. The number of nitrogens with two attached hydrogens (primary N) is 1. The van der Waals surface area contributed by atoms with Crippen LogP contribution in [0.25, 0.3) is 22.5 Å². The highest BCUT2D eigenvalue weighted by molar-refractivity contribution is 5.97. The molecule has 36 heavy (non-hydrogen) atoms. The predicted molar refractivity (Wildman–Crippen MR) is 135 cm³/mol. The Bertz CT molecular complexity index is 1320. The standard InChI is InChI=1S/C27H28F2N6O/c28-21-15-18(14-17-8-9-31-27(36)22(17)21)24-26(30)33-25(29)23(32-24)16-4-6-20(7-5-16)35-12-10-34(11-13-35)19-2-1-3-19/h4-7,14-15,19H,1-3,8-13H2,(H2,30,33)(H,31,36). The largest absolute Gasteiger partial charge is 0.382 e. The summed E-state index contributed by atoms with van der Waals surface area (Å²) in [6.07, 6.45) is 4.47. The molecule has 2 fully saturated rings. The van der Waals surface area contributed by atoms with Gasteiger partial charge in [0.2, 0.25) is 5.95 Å². The van der Waals surface area contributed by atoms with Gasteiger partial charge in [0.25, 0.3) is 5.91 Å². The molecular weight excluding hydrogens is 462 g/mol. The normalized spacial score (nSPS) is 18.5. The van der Waals surface area contributed by atoms with Crippen LogP contribution < -0.4 is 16.0 Å². The number of amides is 1. The number of nitrogen functional groups attached to an aromatic ring is 1.